The molecular weight excluding hydrogens is 408 g/mol. The van der Waals surface area contributed by atoms with Crippen molar-refractivity contribution < 1.29 is 13.2 Å². The number of benzene rings is 3. The van der Waals surface area contributed by atoms with E-state index in [1.165, 1.54) is 10.4 Å². The minimum atomic E-state index is -3.80. The van der Waals surface area contributed by atoms with Gasteiger partial charge in [-0.25, -0.2) is 8.42 Å². The summed E-state index contributed by atoms with van der Waals surface area (Å²) in [6.07, 6.45) is 0.670. The lowest BCUT2D eigenvalue weighted by Crippen LogP contribution is -2.36. The number of hydrogen-bond donors (Lipinski definition) is 0. The molecule has 1 heterocycles. The summed E-state index contributed by atoms with van der Waals surface area (Å²) in [6.45, 7) is 5.87. The fourth-order valence-corrected chi connectivity index (χ4v) is 6.00. The number of carbonyl (C=O) groups excluding carboxylic acids is 1. The van der Waals surface area contributed by atoms with Crippen molar-refractivity contribution in [3.05, 3.63) is 89.0 Å². The topological polar surface area (TPSA) is 57.7 Å². The lowest BCUT2D eigenvalue weighted by Gasteiger charge is -2.25. The van der Waals surface area contributed by atoms with Gasteiger partial charge in [0.15, 0.2) is 0 Å². The maximum Gasteiger partial charge on any atom is 0.264 e. The van der Waals surface area contributed by atoms with Crippen LogP contribution in [-0.4, -0.2) is 27.4 Å². The Morgan fingerprint density at radius 1 is 0.968 bits per heavy atom. The van der Waals surface area contributed by atoms with Crippen molar-refractivity contribution in [3.8, 4) is 0 Å². The van der Waals surface area contributed by atoms with Gasteiger partial charge >= 0.3 is 0 Å². The molecule has 0 saturated carbocycles. The van der Waals surface area contributed by atoms with Crippen LogP contribution in [0.2, 0.25) is 0 Å². The summed E-state index contributed by atoms with van der Waals surface area (Å²) in [4.78, 5) is 14.8. The van der Waals surface area contributed by atoms with Crippen LogP contribution in [0.1, 0.15) is 34.0 Å². The molecule has 0 saturated heterocycles. The lowest BCUT2D eigenvalue weighted by atomic mass is 10.1. The molecule has 3 aromatic rings. The van der Waals surface area contributed by atoms with Gasteiger partial charge < -0.3 is 4.90 Å². The van der Waals surface area contributed by atoms with E-state index in [4.69, 9.17) is 0 Å². The number of carbonyl (C=O) groups is 1. The van der Waals surface area contributed by atoms with Crippen LogP contribution in [0.25, 0.3) is 0 Å². The van der Waals surface area contributed by atoms with Crippen molar-refractivity contribution in [3.63, 3.8) is 0 Å². The van der Waals surface area contributed by atoms with Crippen LogP contribution < -0.4 is 9.21 Å². The average Bonchev–Trinajstić information content (AvgIpc) is 3.08. The third kappa shape index (κ3) is 3.83. The summed E-state index contributed by atoms with van der Waals surface area (Å²) >= 11 is 0. The molecule has 3 aromatic carbocycles. The molecule has 160 valence electrons. The van der Waals surface area contributed by atoms with Crippen molar-refractivity contribution in [1.82, 2.24) is 0 Å². The molecule has 5 nitrogen and oxygen atoms in total. The Morgan fingerprint density at radius 3 is 2.35 bits per heavy atom. The Hall–Kier alpha value is -3.12. The average molecular weight is 435 g/mol. The molecule has 0 fully saturated rings. The van der Waals surface area contributed by atoms with Crippen LogP contribution in [0, 0.1) is 13.8 Å². The van der Waals surface area contributed by atoms with Crippen LogP contribution in [0.3, 0.4) is 0 Å². The first-order valence-electron chi connectivity index (χ1n) is 10.3. The molecule has 1 unspecified atom stereocenters. The highest BCUT2D eigenvalue weighted by Crippen LogP contribution is 2.36. The smallest absolute Gasteiger partial charge is 0.264 e. The number of sulfonamides is 1. The molecule has 1 aliphatic heterocycles. The molecule has 0 radical (unpaired) electrons. The molecule has 0 N–H and O–H groups in total. The van der Waals surface area contributed by atoms with Gasteiger partial charge in [0.05, 0.1) is 10.6 Å². The second-order valence-electron chi connectivity index (χ2n) is 8.22. The first-order valence-corrected chi connectivity index (χ1v) is 11.7. The van der Waals surface area contributed by atoms with Crippen LogP contribution in [-0.2, 0) is 16.4 Å². The molecule has 31 heavy (non-hydrogen) atoms. The second-order valence-corrected chi connectivity index (χ2v) is 10.0. The predicted octanol–water partition coefficient (Wildman–Crippen LogP) is 4.72. The number of anilines is 2. The number of rotatable bonds is 4. The van der Waals surface area contributed by atoms with E-state index in [9.17, 15) is 13.2 Å². The SMILES string of the molecule is Cc1cc(C)cc(N(C)C(=O)c2cccc(S(=O)(=O)N3c4ccccc4CC3C)c2)c1. The van der Waals surface area contributed by atoms with Crippen LogP contribution in [0.4, 0.5) is 11.4 Å². The molecule has 0 spiro atoms. The summed E-state index contributed by atoms with van der Waals surface area (Å²) in [5, 5.41) is 0. The minimum absolute atomic E-state index is 0.121. The van der Waals surface area contributed by atoms with Crippen molar-refractivity contribution in [2.24, 2.45) is 0 Å². The largest absolute Gasteiger partial charge is 0.311 e. The first kappa shape index (κ1) is 21.1. The highest BCUT2D eigenvalue weighted by atomic mass is 32.2. The molecule has 1 amide bonds. The van der Waals surface area contributed by atoms with Crippen LogP contribution in [0.15, 0.2) is 71.6 Å². The highest BCUT2D eigenvalue weighted by Gasteiger charge is 2.36. The summed E-state index contributed by atoms with van der Waals surface area (Å²) in [7, 11) is -2.09. The van der Waals surface area contributed by atoms with Gasteiger partial charge in [-0.2, -0.15) is 0 Å². The van der Waals surface area contributed by atoms with Crippen LogP contribution >= 0.6 is 0 Å². The van der Waals surface area contributed by atoms with Gasteiger partial charge in [0, 0.05) is 24.3 Å². The van der Waals surface area contributed by atoms with E-state index < -0.39 is 10.0 Å². The van der Waals surface area contributed by atoms with E-state index in [0.29, 0.717) is 17.7 Å². The normalized spacial score (nSPS) is 15.6. The molecular formula is C25H26N2O3S. The number of hydrogen-bond acceptors (Lipinski definition) is 3. The zero-order chi connectivity index (χ0) is 22.3. The first-order chi connectivity index (χ1) is 14.7. The second kappa shape index (κ2) is 7.85. The number of amides is 1. The van der Waals surface area contributed by atoms with E-state index in [0.717, 1.165) is 22.4 Å². The van der Waals surface area contributed by atoms with Gasteiger partial charge in [0.2, 0.25) is 0 Å². The molecule has 6 heteroatoms. The lowest BCUT2D eigenvalue weighted by molar-refractivity contribution is 0.0993. The number of para-hydroxylation sites is 1. The Balaban J connectivity index is 1.69. The third-order valence-corrected chi connectivity index (χ3v) is 7.61. The van der Waals surface area contributed by atoms with Gasteiger partial charge in [0.25, 0.3) is 15.9 Å². The standard InChI is InChI=1S/C25H26N2O3S/c1-17-12-18(2)14-22(13-17)26(4)25(28)21-9-7-10-23(16-21)31(29,30)27-19(3)15-20-8-5-6-11-24(20)27/h5-14,16,19H,15H2,1-4H3. The van der Waals surface area contributed by atoms with E-state index >= 15 is 0 Å². The molecule has 1 aliphatic rings. The minimum Gasteiger partial charge on any atom is -0.311 e. The Labute approximate surface area is 184 Å². The highest BCUT2D eigenvalue weighted by molar-refractivity contribution is 7.92. The molecule has 4 rings (SSSR count). The van der Waals surface area contributed by atoms with E-state index in [1.807, 2.05) is 63.2 Å². The Bertz CT molecular complexity index is 1250. The van der Waals surface area contributed by atoms with Crippen molar-refractivity contribution in [2.45, 2.75) is 38.1 Å². The maximum absolute atomic E-state index is 13.5. The zero-order valence-electron chi connectivity index (χ0n) is 18.2. The van der Waals surface area contributed by atoms with Gasteiger partial charge in [-0.15, -0.1) is 0 Å². The summed E-state index contributed by atoms with van der Waals surface area (Å²) < 4.78 is 28.5. The molecule has 0 aromatic heterocycles. The fourth-order valence-electron chi connectivity index (χ4n) is 4.26. The van der Waals surface area contributed by atoms with E-state index in [1.54, 1.807) is 30.1 Å². The molecule has 1 atom stereocenters. The maximum atomic E-state index is 13.5. The van der Waals surface area contributed by atoms with Crippen molar-refractivity contribution in [1.29, 1.82) is 0 Å². The zero-order valence-corrected chi connectivity index (χ0v) is 19.0. The Kier molecular flexibility index (Phi) is 5.35. The number of fused-ring (bicyclic) bond motifs is 1. The summed E-state index contributed by atoms with van der Waals surface area (Å²) in [6, 6.07) is 19.6. The van der Waals surface area contributed by atoms with Gasteiger partial charge in [-0.1, -0.05) is 30.3 Å². The number of nitrogens with zero attached hydrogens (tertiary/aromatic N) is 2. The van der Waals surface area contributed by atoms with Gasteiger partial charge in [0.1, 0.15) is 0 Å². The van der Waals surface area contributed by atoms with Gasteiger partial charge in [-0.3, -0.25) is 9.10 Å². The quantitative estimate of drug-likeness (QED) is 0.597. The number of aryl methyl sites for hydroxylation is 2. The monoisotopic (exact) mass is 434 g/mol. The van der Waals surface area contributed by atoms with Crippen molar-refractivity contribution >= 4 is 27.3 Å². The third-order valence-electron chi connectivity index (χ3n) is 5.68. The predicted molar refractivity (Wildman–Crippen MR) is 124 cm³/mol. The van der Waals surface area contributed by atoms with E-state index in [2.05, 4.69) is 0 Å². The molecule has 0 aliphatic carbocycles. The fraction of sp³-hybridized carbons (Fsp3) is 0.240. The van der Waals surface area contributed by atoms with Crippen molar-refractivity contribution in [2.75, 3.05) is 16.3 Å². The van der Waals surface area contributed by atoms with Crippen LogP contribution in [0.5, 0.6) is 0 Å². The summed E-state index contributed by atoms with van der Waals surface area (Å²) in [5.74, 6) is -0.253. The van der Waals surface area contributed by atoms with Gasteiger partial charge in [-0.05, 0) is 80.3 Å². The Morgan fingerprint density at radius 2 is 1.65 bits per heavy atom. The summed E-state index contributed by atoms with van der Waals surface area (Å²) in [5.41, 5.74) is 4.96. The van der Waals surface area contributed by atoms with E-state index in [-0.39, 0.29) is 16.8 Å². The molecule has 0 bridgehead atoms.